The van der Waals surface area contributed by atoms with Gasteiger partial charge < -0.3 is 5.32 Å². The Bertz CT molecular complexity index is 883. The molecule has 26 heavy (non-hydrogen) atoms. The third-order valence-corrected chi connectivity index (χ3v) is 5.47. The van der Waals surface area contributed by atoms with Crippen molar-refractivity contribution in [3.63, 3.8) is 0 Å². The van der Waals surface area contributed by atoms with Crippen LogP contribution < -0.4 is 5.32 Å². The van der Waals surface area contributed by atoms with Crippen LogP contribution in [0.4, 0.5) is 0 Å². The highest BCUT2D eigenvalue weighted by molar-refractivity contribution is 7.92. The van der Waals surface area contributed by atoms with Crippen LogP contribution in [0.3, 0.4) is 0 Å². The van der Waals surface area contributed by atoms with Gasteiger partial charge in [0.1, 0.15) is 0 Å². The van der Waals surface area contributed by atoms with Crippen LogP contribution in [-0.4, -0.2) is 32.2 Å². The van der Waals surface area contributed by atoms with Gasteiger partial charge in [-0.1, -0.05) is 54.1 Å². The molecule has 2 aromatic rings. The van der Waals surface area contributed by atoms with Crippen molar-refractivity contribution in [3.8, 4) is 0 Å². The zero-order chi connectivity index (χ0) is 19.2. The summed E-state index contributed by atoms with van der Waals surface area (Å²) in [6.45, 7) is 1.54. The molecule has 0 radical (unpaired) electrons. The molecule has 138 valence electrons. The number of likely N-dealkylation sites (N-methyl/N-ethyl adjacent to an activating group) is 1. The van der Waals surface area contributed by atoms with E-state index in [4.69, 9.17) is 11.6 Å². The van der Waals surface area contributed by atoms with Gasteiger partial charge in [0.2, 0.25) is 15.9 Å². The normalized spacial score (nSPS) is 13.1. The van der Waals surface area contributed by atoms with E-state index < -0.39 is 15.9 Å². The van der Waals surface area contributed by atoms with Crippen molar-refractivity contribution >= 4 is 33.6 Å². The number of nitrogens with zero attached hydrogens (tertiary/aromatic N) is 1. The molecule has 0 unspecified atom stereocenters. The van der Waals surface area contributed by atoms with Gasteiger partial charge in [0, 0.05) is 17.5 Å². The highest BCUT2D eigenvalue weighted by Crippen LogP contribution is 2.17. The maximum Gasteiger partial charge on any atom is 0.236 e. The number of amides is 1. The Kier molecular flexibility index (Phi) is 6.97. The molecule has 0 aromatic heterocycles. The summed E-state index contributed by atoms with van der Waals surface area (Å²) in [7, 11) is -2.32. The summed E-state index contributed by atoms with van der Waals surface area (Å²) in [5.74, 6) is -0.392. The predicted molar refractivity (Wildman–Crippen MR) is 105 cm³/mol. The summed E-state index contributed by atoms with van der Waals surface area (Å²) in [6, 6.07) is 16.0. The fourth-order valence-corrected chi connectivity index (χ4v) is 3.30. The van der Waals surface area contributed by atoms with E-state index in [-0.39, 0.29) is 12.6 Å². The Morgan fingerprint density at radius 2 is 1.88 bits per heavy atom. The second kappa shape index (κ2) is 8.98. The number of nitrogens with one attached hydrogen (secondary N) is 1. The van der Waals surface area contributed by atoms with Crippen molar-refractivity contribution in [3.05, 3.63) is 76.2 Å². The van der Waals surface area contributed by atoms with Crippen LogP contribution in [0.1, 0.15) is 24.1 Å². The summed E-state index contributed by atoms with van der Waals surface area (Å²) in [5, 5.41) is 4.44. The zero-order valence-corrected chi connectivity index (χ0v) is 16.2. The van der Waals surface area contributed by atoms with Crippen LogP contribution in [0.5, 0.6) is 0 Å². The predicted octanol–water partition coefficient (Wildman–Crippen LogP) is 3.45. The average Bonchev–Trinajstić information content (AvgIpc) is 2.60. The van der Waals surface area contributed by atoms with E-state index in [0.29, 0.717) is 5.02 Å². The maximum absolute atomic E-state index is 12.3. The molecule has 0 heterocycles. The van der Waals surface area contributed by atoms with Crippen molar-refractivity contribution in [1.82, 2.24) is 9.62 Å². The second-order valence-electron chi connectivity index (χ2n) is 5.86. The van der Waals surface area contributed by atoms with Crippen molar-refractivity contribution in [2.24, 2.45) is 0 Å². The lowest BCUT2D eigenvalue weighted by Crippen LogP contribution is -2.38. The molecular formula is C19H21ClN2O3S. The Morgan fingerprint density at radius 3 is 2.54 bits per heavy atom. The van der Waals surface area contributed by atoms with Gasteiger partial charge in [-0.25, -0.2) is 8.42 Å². The number of carbonyl (C=O) groups excluding carboxylic acids is 1. The third kappa shape index (κ3) is 5.98. The molecule has 0 spiro atoms. The van der Waals surface area contributed by atoms with Gasteiger partial charge in [-0.2, -0.15) is 4.31 Å². The number of halogens is 1. The standard InChI is InChI=1S/C19H21ClN2O3S/c1-15(17-9-6-10-18(20)13-17)21-19(23)14-22(2)26(24,25)12-11-16-7-4-3-5-8-16/h3-13,15H,14H2,1-2H3,(H,21,23)/b12-11+/t15-/m0/s1. The molecule has 0 aliphatic heterocycles. The van der Waals surface area contributed by atoms with Gasteiger partial charge >= 0.3 is 0 Å². The lowest BCUT2D eigenvalue weighted by Gasteiger charge is -2.18. The molecular weight excluding hydrogens is 372 g/mol. The van der Waals surface area contributed by atoms with E-state index in [9.17, 15) is 13.2 Å². The molecule has 0 saturated heterocycles. The van der Waals surface area contributed by atoms with E-state index in [1.807, 2.05) is 31.2 Å². The van der Waals surface area contributed by atoms with Crippen LogP contribution in [0.2, 0.25) is 5.02 Å². The van der Waals surface area contributed by atoms with Crippen LogP contribution in [0, 0.1) is 0 Å². The third-order valence-electron chi connectivity index (χ3n) is 3.76. The molecule has 0 saturated carbocycles. The molecule has 1 atom stereocenters. The number of carbonyl (C=O) groups is 1. The van der Waals surface area contributed by atoms with E-state index in [1.165, 1.54) is 13.1 Å². The fourth-order valence-electron chi connectivity index (χ4n) is 2.27. The second-order valence-corrected chi connectivity index (χ2v) is 8.22. The van der Waals surface area contributed by atoms with E-state index >= 15 is 0 Å². The number of rotatable bonds is 7. The first-order valence-corrected chi connectivity index (χ1v) is 9.90. The van der Waals surface area contributed by atoms with Crippen LogP contribution in [0.15, 0.2) is 60.0 Å². The number of sulfonamides is 1. The largest absolute Gasteiger partial charge is 0.348 e. The van der Waals surface area contributed by atoms with Crippen molar-refractivity contribution < 1.29 is 13.2 Å². The first-order valence-electron chi connectivity index (χ1n) is 8.02. The highest BCUT2D eigenvalue weighted by atomic mass is 35.5. The van der Waals surface area contributed by atoms with Crippen LogP contribution in [0.25, 0.3) is 6.08 Å². The van der Waals surface area contributed by atoms with Crippen LogP contribution >= 0.6 is 11.6 Å². The molecule has 0 bridgehead atoms. The van der Waals surface area contributed by atoms with Gasteiger partial charge in [0.15, 0.2) is 0 Å². The minimum atomic E-state index is -3.69. The van der Waals surface area contributed by atoms with E-state index in [2.05, 4.69) is 5.32 Å². The van der Waals surface area contributed by atoms with Gasteiger partial charge in [-0.3, -0.25) is 4.79 Å². The monoisotopic (exact) mass is 392 g/mol. The first-order chi connectivity index (χ1) is 12.3. The molecule has 7 heteroatoms. The first kappa shape index (κ1) is 20.2. The molecule has 2 rings (SSSR count). The Morgan fingerprint density at radius 1 is 1.19 bits per heavy atom. The molecule has 0 fully saturated rings. The van der Waals surface area contributed by atoms with E-state index in [1.54, 1.807) is 30.3 Å². The quantitative estimate of drug-likeness (QED) is 0.784. The molecule has 0 aliphatic rings. The molecule has 2 aromatic carbocycles. The van der Waals surface area contributed by atoms with E-state index in [0.717, 1.165) is 20.8 Å². The van der Waals surface area contributed by atoms with Gasteiger partial charge in [0.25, 0.3) is 0 Å². The Labute approximate surface area is 159 Å². The minimum absolute atomic E-state index is 0.271. The molecule has 0 aliphatic carbocycles. The number of benzene rings is 2. The number of hydrogen-bond donors (Lipinski definition) is 1. The Balaban J connectivity index is 1.96. The summed E-state index contributed by atoms with van der Waals surface area (Å²) >= 11 is 5.95. The van der Waals surface area contributed by atoms with Crippen LogP contribution in [-0.2, 0) is 14.8 Å². The van der Waals surface area contributed by atoms with Gasteiger partial charge in [0.05, 0.1) is 12.6 Å². The minimum Gasteiger partial charge on any atom is -0.348 e. The van der Waals surface area contributed by atoms with Gasteiger partial charge in [-0.05, 0) is 36.3 Å². The van der Waals surface area contributed by atoms with Crippen molar-refractivity contribution in [2.45, 2.75) is 13.0 Å². The topological polar surface area (TPSA) is 66.5 Å². The smallest absolute Gasteiger partial charge is 0.236 e. The van der Waals surface area contributed by atoms with Crippen molar-refractivity contribution in [2.75, 3.05) is 13.6 Å². The van der Waals surface area contributed by atoms with Gasteiger partial charge in [-0.15, -0.1) is 0 Å². The molecule has 1 N–H and O–H groups in total. The molecule has 1 amide bonds. The summed E-state index contributed by atoms with van der Waals surface area (Å²) in [4.78, 5) is 12.2. The number of hydrogen-bond acceptors (Lipinski definition) is 3. The fraction of sp³-hybridized carbons (Fsp3) is 0.211. The summed E-state index contributed by atoms with van der Waals surface area (Å²) in [6.07, 6.45) is 1.50. The maximum atomic E-state index is 12.3. The average molecular weight is 393 g/mol. The summed E-state index contributed by atoms with van der Waals surface area (Å²) in [5.41, 5.74) is 1.61. The SMILES string of the molecule is C[C@H](NC(=O)CN(C)S(=O)(=O)/C=C/c1ccccc1)c1cccc(Cl)c1. The Hall–Kier alpha value is -2.15. The molecule has 5 nitrogen and oxygen atoms in total. The van der Waals surface area contributed by atoms with Crippen molar-refractivity contribution in [1.29, 1.82) is 0 Å². The highest BCUT2D eigenvalue weighted by Gasteiger charge is 2.19. The lowest BCUT2D eigenvalue weighted by molar-refractivity contribution is -0.121. The summed E-state index contributed by atoms with van der Waals surface area (Å²) < 4.78 is 25.6. The lowest BCUT2D eigenvalue weighted by atomic mass is 10.1. The zero-order valence-electron chi connectivity index (χ0n) is 14.6.